The molecule has 0 aromatic heterocycles. The minimum absolute atomic E-state index is 0.134. The largest absolute Gasteiger partial charge is 0.497 e. The molecule has 0 saturated heterocycles. The lowest BCUT2D eigenvalue weighted by Crippen LogP contribution is -2.37. The van der Waals surface area contributed by atoms with E-state index in [-0.39, 0.29) is 12.3 Å². The molecule has 35 heavy (non-hydrogen) atoms. The van der Waals surface area contributed by atoms with Gasteiger partial charge in [-0.15, -0.1) is 0 Å². The molecule has 2 heterocycles. The van der Waals surface area contributed by atoms with Crippen molar-refractivity contribution in [1.29, 1.82) is 0 Å². The van der Waals surface area contributed by atoms with Crippen molar-refractivity contribution in [2.75, 3.05) is 19.5 Å². The van der Waals surface area contributed by atoms with E-state index < -0.39 is 12.0 Å². The monoisotopic (exact) mass is 491 g/mol. The number of nitrogens with zero attached hydrogens (tertiary/aromatic N) is 2. The maximum absolute atomic E-state index is 13.0. The van der Waals surface area contributed by atoms with Crippen molar-refractivity contribution in [3.8, 4) is 5.75 Å². The Morgan fingerprint density at radius 2 is 1.91 bits per heavy atom. The van der Waals surface area contributed by atoms with Crippen molar-refractivity contribution in [2.45, 2.75) is 39.7 Å². The van der Waals surface area contributed by atoms with Crippen molar-refractivity contribution < 1.29 is 19.1 Å². The van der Waals surface area contributed by atoms with Gasteiger partial charge in [0.15, 0.2) is 5.17 Å². The number of ether oxygens (including phenoxy) is 2. The highest BCUT2D eigenvalue weighted by Gasteiger charge is 2.41. The number of aliphatic imine (C=N–C) groups is 1. The number of anilines is 1. The highest BCUT2D eigenvalue weighted by atomic mass is 32.2. The number of rotatable bonds is 7. The van der Waals surface area contributed by atoms with E-state index >= 15 is 0 Å². The van der Waals surface area contributed by atoms with Crippen LogP contribution in [0.3, 0.4) is 0 Å². The lowest BCUT2D eigenvalue weighted by Gasteiger charge is -2.36. The molecule has 1 atom stereocenters. The van der Waals surface area contributed by atoms with Gasteiger partial charge in [0, 0.05) is 11.4 Å². The second-order valence-corrected chi connectivity index (χ2v) is 9.24. The fourth-order valence-corrected chi connectivity index (χ4v) is 5.17. The summed E-state index contributed by atoms with van der Waals surface area (Å²) in [5, 5.41) is 5.65. The number of allylic oxidation sites excluding steroid dienone is 1. The number of methoxy groups -OCH3 is 2. The van der Waals surface area contributed by atoms with Crippen LogP contribution in [0.15, 0.2) is 69.8 Å². The molecule has 7 nitrogen and oxygen atoms in total. The van der Waals surface area contributed by atoms with Crippen LogP contribution in [0.4, 0.5) is 5.69 Å². The van der Waals surface area contributed by atoms with Crippen molar-refractivity contribution in [1.82, 2.24) is 4.90 Å². The number of aryl methyl sites for hydroxylation is 2. The van der Waals surface area contributed by atoms with Gasteiger partial charge in [-0.2, -0.15) is 0 Å². The number of amides is 1. The smallest absolute Gasteiger partial charge is 0.338 e. The maximum atomic E-state index is 13.0. The number of hydrogen-bond donors (Lipinski definition) is 1. The zero-order valence-corrected chi connectivity index (χ0v) is 21.4. The molecule has 2 aromatic rings. The minimum atomic E-state index is -0.490. The molecule has 0 radical (unpaired) electrons. The molecule has 1 amide bonds. The molecule has 2 aromatic carbocycles. The molecule has 0 fully saturated rings. The first kappa shape index (κ1) is 24.6. The molecule has 8 heteroatoms. The summed E-state index contributed by atoms with van der Waals surface area (Å²) in [6.07, 6.45) is 0.709. The summed E-state index contributed by atoms with van der Waals surface area (Å²) < 4.78 is 10.6. The van der Waals surface area contributed by atoms with E-state index in [1.54, 1.807) is 7.11 Å². The number of thioether (sulfide) groups is 1. The van der Waals surface area contributed by atoms with Crippen molar-refractivity contribution in [3.63, 3.8) is 0 Å². The zero-order valence-electron chi connectivity index (χ0n) is 20.5. The van der Waals surface area contributed by atoms with Crippen LogP contribution in [-0.2, 0) is 14.3 Å². The molecule has 0 aliphatic carbocycles. The topological polar surface area (TPSA) is 80.2 Å². The standard InChI is InChI=1S/C27H29N3O4S/c1-6-22-24(26(32)34-5)25(18-8-7-9-21(13-18)33-4)30-20(15-35-27(30)29-22)14-23(31)28-19-11-10-16(2)17(3)12-19/h7-13,15,25H,6,14H2,1-5H3,(H,28,31)/t25-/m1/s1. The van der Waals surface area contributed by atoms with Crippen molar-refractivity contribution >= 4 is 34.5 Å². The number of esters is 1. The summed E-state index contributed by atoms with van der Waals surface area (Å²) in [7, 11) is 2.98. The molecular formula is C27H29N3O4S. The molecule has 182 valence electrons. The summed E-state index contributed by atoms with van der Waals surface area (Å²) >= 11 is 1.45. The molecule has 0 bridgehead atoms. The summed E-state index contributed by atoms with van der Waals surface area (Å²) in [5.41, 5.74) is 5.80. The lowest BCUT2D eigenvalue weighted by molar-refractivity contribution is -0.136. The Bertz CT molecular complexity index is 1260. The molecular weight excluding hydrogens is 462 g/mol. The van der Waals surface area contributed by atoms with Gasteiger partial charge >= 0.3 is 5.97 Å². The second kappa shape index (κ2) is 10.4. The van der Waals surface area contributed by atoms with Gasteiger partial charge in [0.05, 0.1) is 38.0 Å². The third-order valence-electron chi connectivity index (χ3n) is 6.17. The number of carbonyl (C=O) groups is 2. The quantitative estimate of drug-likeness (QED) is 0.517. The van der Waals surface area contributed by atoms with Gasteiger partial charge in [-0.25, -0.2) is 9.79 Å². The average Bonchev–Trinajstić information content (AvgIpc) is 3.26. The van der Waals surface area contributed by atoms with Crippen LogP contribution < -0.4 is 10.1 Å². The third-order valence-corrected chi connectivity index (χ3v) is 7.06. The molecule has 0 saturated carbocycles. The van der Waals surface area contributed by atoms with Gasteiger partial charge < -0.3 is 19.7 Å². The molecule has 1 N–H and O–H groups in total. The number of amidine groups is 1. The Balaban J connectivity index is 1.69. The molecule has 4 rings (SSSR count). The fourth-order valence-electron chi connectivity index (χ4n) is 4.23. The van der Waals surface area contributed by atoms with Gasteiger partial charge in [-0.3, -0.25) is 4.79 Å². The van der Waals surface area contributed by atoms with Gasteiger partial charge in [0.25, 0.3) is 0 Å². The lowest BCUT2D eigenvalue weighted by atomic mass is 9.92. The highest BCUT2D eigenvalue weighted by molar-refractivity contribution is 8.16. The maximum Gasteiger partial charge on any atom is 0.338 e. The van der Waals surface area contributed by atoms with E-state index in [0.717, 1.165) is 27.7 Å². The summed E-state index contributed by atoms with van der Waals surface area (Å²) in [5.74, 6) is 0.0997. The van der Waals surface area contributed by atoms with E-state index in [2.05, 4.69) is 5.32 Å². The first-order chi connectivity index (χ1) is 16.9. The van der Waals surface area contributed by atoms with E-state index in [1.807, 2.05) is 73.5 Å². The van der Waals surface area contributed by atoms with E-state index in [4.69, 9.17) is 14.5 Å². The molecule has 2 aliphatic heterocycles. The first-order valence-corrected chi connectivity index (χ1v) is 12.3. The number of hydrogen-bond acceptors (Lipinski definition) is 7. The molecule has 0 unspecified atom stereocenters. The number of benzene rings is 2. The molecule has 2 aliphatic rings. The Kier molecular flexibility index (Phi) is 7.31. The predicted molar refractivity (Wildman–Crippen MR) is 139 cm³/mol. The Morgan fingerprint density at radius 1 is 1.11 bits per heavy atom. The third kappa shape index (κ3) is 4.98. The summed E-state index contributed by atoms with van der Waals surface area (Å²) in [4.78, 5) is 32.7. The number of nitrogens with one attached hydrogen (secondary N) is 1. The average molecular weight is 492 g/mol. The van der Waals surface area contributed by atoms with Crippen molar-refractivity contribution in [2.24, 2.45) is 4.99 Å². The van der Waals surface area contributed by atoms with Crippen LogP contribution in [0.1, 0.15) is 42.5 Å². The Morgan fingerprint density at radius 3 is 2.60 bits per heavy atom. The van der Waals surface area contributed by atoms with Gasteiger partial charge in [-0.05, 0) is 66.6 Å². The first-order valence-electron chi connectivity index (χ1n) is 11.4. The van der Waals surface area contributed by atoms with Crippen molar-refractivity contribution in [3.05, 3.63) is 81.5 Å². The van der Waals surface area contributed by atoms with Gasteiger partial charge in [0.2, 0.25) is 5.91 Å². The second-order valence-electron chi connectivity index (χ2n) is 8.40. The van der Waals surface area contributed by atoms with E-state index in [1.165, 1.54) is 24.4 Å². The molecule has 0 spiro atoms. The van der Waals surface area contributed by atoms with Crippen LogP contribution in [-0.4, -0.2) is 36.2 Å². The van der Waals surface area contributed by atoms with E-state index in [9.17, 15) is 9.59 Å². The number of carbonyl (C=O) groups excluding carboxylic acids is 2. The Labute approximate surface area is 209 Å². The zero-order chi connectivity index (χ0) is 25.1. The highest BCUT2D eigenvalue weighted by Crippen LogP contribution is 2.45. The van der Waals surface area contributed by atoms with Gasteiger partial charge in [0.1, 0.15) is 5.75 Å². The SMILES string of the molecule is CCC1=C(C(=O)OC)[C@@H](c2cccc(OC)c2)N2C(CC(=O)Nc3ccc(C)c(C)c3)=CSC2=N1. The van der Waals surface area contributed by atoms with Crippen LogP contribution in [0.5, 0.6) is 5.75 Å². The van der Waals surface area contributed by atoms with E-state index in [0.29, 0.717) is 23.4 Å². The normalized spacial score (nSPS) is 16.9. The van der Waals surface area contributed by atoms with Crippen LogP contribution in [0, 0.1) is 13.8 Å². The van der Waals surface area contributed by atoms with Crippen LogP contribution in [0.2, 0.25) is 0 Å². The van der Waals surface area contributed by atoms with Crippen LogP contribution >= 0.6 is 11.8 Å². The number of fused-ring (bicyclic) bond motifs is 1. The fraction of sp³-hybridized carbons (Fsp3) is 0.296. The minimum Gasteiger partial charge on any atom is -0.497 e. The predicted octanol–water partition coefficient (Wildman–Crippen LogP) is 5.48. The summed E-state index contributed by atoms with van der Waals surface area (Å²) in [6.45, 7) is 6.02. The Hall–Kier alpha value is -3.52. The summed E-state index contributed by atoms with van der Waals surface area (Å²) in [6, 6.07) is 13.0. The van der Waals surface area contributed by atoms with Gasteiger partial charge in [-0.1, -0.05) is 36.9 Å². The van der Waals surface area contributed by atoms with Crippen LogP contribution in [0.25, 0.3) is 0 Å².